The van der Waals surface area contributed by atoms with E-state index < -0.39 is 5.82 Å². The number of nitrogens with two attached hydrogens (primary N) is 1. The first kappa shape index (κ1) is 11.8. The number of halogens is 2. The Balaban J connectivity index is 3.63. The maximum absolute atomic E-state index is 13.7. The van der Waals surface area contributed by atoms with E-state index in [0.717, 1.165) is 5.57 Å². The zero-order valence-electron chi connectivity index (χ0n) is 8.82. The van der Waals surface area contributed by atoms with Crippen LogP contribution in [0.1, 0.15) is 25.0 Å². The number of hydrogen-bond acceptors (Lipinski definition) is 1. The molecule has 0 aromatic heterocycles. The van der Waals surface area contributed by atoms with E-state index in [1.54, 1.807) is 13.8 Å². The molecule has 2 N–H and O–H groups in total. The minimum atomic E-state index is -0.522. The van der Waals surface area contributed by atoms with E-state index in [2.05, 4.69) is 13.2 Å². The summed E-state index contributed by atoms with van der Waals surface area (Å²) in [5, 5.41) is 0.0419. The third-order valence-corrected chi connectivity index (χ3v) is 2.42. The van der Waals surface area contributed by atoms with Gasteiger partial charge in [-0.2, -0.15) is 0 Å². The first-order chi connectivity index (χ1) is 6.86. The van der Waals surface area contributed by atoms with Crippen molar-refractivity contribution in [2.75, 3.05) is 5.73 Å². The fraction of sp³-hybridized carbons (Fsp3) is 0.167. The fourth-order valence-electron chi connectivity index (χ4n) is 1.41. The summed E-state index contributed by atoms with van der Waals surface area (Å²) in [7, 11) is 0. The molecule has 0 bridgehead atoms. The maximum atomic E-state index is 13.7. The third kappa shape index (κ3) is 2.05. The first-order valence-corrected chi connectivity index (χ1v) is 4.83. The molecule has 0 saturated carbocycles. The van der Waals surface area contributed by atoms with Gasteiger partial charge in [-0.1, -0.05) is 24.8 Å². The van der Waals surface area contributed by atoms with Gasteiger partial charge in [0.05, 0.1) is 5.02 Å². The molecule has 0 atom stereocenters. The highest BCUT2D eigenvalue weighted by atomic mass is 35.5. The lowest BCUT2D eigenvalue weighted by Crippen LogP contribution is -2.01. The molecule has 3 heteroatoms. The molecule has 0 spiro atoms. The Kier molecular flexibility index (Phi) is 3.20. The predicted octanol–water partition coefficient (Wildman–Crippen LogP) is 4.13. The monoisotopic (exact) mass is 225 g/mol. The summed E-state index contributed by atoms with van der Waals surface area (Å²) in [6.07, 6.45) is 0. The van der Waals surface area contributed by atoms with Crippen LogP contribution in [0.2, 0.25) is 5.02 Å². The smallest absolute Gasteiger partial charge is 0.151 e. The average Bonchev–Trinajstić information content (AvgIpc) is 2.10. The lowest BCUT2D eigenvalue weighted by molar-refractivity contribution is 0.625. The van der Waals surface area contributed by atoms with Crippen molar-refractivity contribution < 1.29 is 4.39 Å². The van der Waals surface area contributed by atoms with Crippen molar-refractivity contribution in [1.29, 1.82) is 0 Å². The van der Waals surface area contributed by atoms with Crippen molar-refractivity contribution in [2.24, 2.45) is 0 Å². The standard InChI is InChI=1S/C12H13ClFN/c1-6(2)8-5-9(13)11(14)10(7(3)4)12(8)15/h5H,1,3,15H2,2,4H3. The molecule has 1 aromatic rings. The molecular weight excluding hydrogens is 213 g/mol. The molecule has 1 rings (SSSR count). The third-order valence-electron chi connectivity index (χ3n) is 2.15. The Bertz CT molecular complexity index is 449. The lowest BCUT2D eigenvalue weighted by Gasteiger charge is -2.13. The van der Waals surface area contributed by atoms with Gasteiger partial charge in [0.2, 0.25) is 0 Å². The highest BCUT2D eigenvalue weighted by Gasteiger charge is 2.15. The minimum Gasteiger partial charge on any atom is -0.398 e. The summed E-state index contributed by atoms with van der Waals surface area (Å²) in [6, 6.07) is 1.49. The maximum Gasteiger partial charge on any atom is 0.151 e. The Labute approximate surface area is 94.1 Å². The molecule has 1 nitrogen and oxygen atoms in total. The lowest BCUT2D eigenvalue weighted by atomic mass is 9.98. The molecule has 0 saturated heterocycles. The highest BCUT2D eigenvalue weighted by molar-refractivity contribution is 6.31. The summed E-state index contributed by atoms with van der Waals surface area (Å²) in [4.78, 5) is 0. The Morgan fingerprint density at radius 3 is 2.27 bits per heavy atom. The van der Waals surface area contributed by atoms with Gasteiger partial charge in [0, 0.05) is 16.8 Å². The molecule has 0 aliphatic carbocycles. The SMILES string of the molecule is C=C(C)c1cc(Cl)c(F)c(C(=C)C)c1N. The van der Waals surface area contributed by atoms with Gasteiger partial charge >= 0.3 is 0 Å². The molecule has 0 aliphatic rings. The van der Waals surface area contributed by atoms with Crippen molar-refractivity contribution >= 4 is 28.4 Å². The van der Waals surface area contributed by atoms with Gasteiger partial charge in [0.25, 0.3) is 0 Å². The van der Waals surface area contributed by atoms with E-state index in [9.17, 15) is 4.39 Å². The highest BCUT2D eigenvalue weighted by Crippen LogP contribution is 2.34. The largest absolute Gasteiger partial charge is 0.398 e. The second-order valence-corrected chi connectivity index (χ2v) is 3.98. The van der Waals surface area contributed by atoms with E-state index in [1.807, 2.05) is 0 Å². The van der Waals surface area contributed by atoms with Gasteiger partial charge in [0.1, 0.15) is 0 Å². The first-order valence-electron chi connectivity index (χ1n) is 4.45. The van der Waals surface area contributed by atoms with E-state index in [1.165, 1.54) is 6.07 Å². The topological polar surface area (TPSA) is 26.0 Å². The van der Waals surface area contributed by atoms with Crippen LogP contribution in [0.5, 0.6) is 0 Å². The summed E-state index contributed by atoms with van der Waals surface area (Å²) in [6.45, 7) is 10.9. The molecule has 0 aliphatic heterocycles. The number of rotatable bonds is 2. The second-order valence-electron chi connectivity index (χ2n) is 3.57. The normalized spacial score (nSPS) is 10.1. The van der Waals surface area contributed by atoms with Crippen LogP contribution in [-0.4, -0.2) is 0 Å². The van der Waals surface area contributed by atoms with Crippen LogP contribution in [0.15, 0.2) is 19.2 Å². The van der Waals surface area contributed by atoms with Crippen LogP contribution in [-0.2, 0) is 0 Å². The summed E-state index contributed by atoms with van der Waals surface area (Å²) >= 11 is 5.77. The Hall–Kier alpha value is -1.28. The van der Waals surface area contributed by atoms with Crippen LogP contribution >= 0.6 is 11.6 Å². The number of anilines is 1. The minimum absolute atomic E-state index is 0.0419. The van der Waals surface area contributed by atoms with Gasteiger partial charge in [-0.25, -0.2) is 4.39 Å². The molecule has 0 heterocycles. The summed E-state index contributed by atoms with van der Waals surface area (Å²) < 4.78 is 13.7. The number of benzene rings is 1. The van der Waals surface area contributed by atoms with Gasteiger partial charge in [0.15, 0.2) is 5.82 Å². The summed E-state index contributed by atoms with van der Waals surface area (Å²) in [5.74, 6) is -0.522. The van der Waals surface area contributed by atoms with Crippen LogP contribution in [0.3, 0.4) is 0 Å². The summed E-state index contributed by atoms with van der Waals surface area (Å²) in [5.41, 5.74) is 8.42. The molecule has 15 heavy (non-hydrogen) atoms. The second kappa shape index (κ2) is 4.07. The van der Waals surface area contributed by atoms with E-state index >= 15 is 0 Å². The number of allylic oxidation sites excluding steroid dienone is 2. The van der Waals surface area contributed by atoms with Crippen molar-refractivity contribution in [3.63, 3.8) is 0 Å². The fourth-order valence-corrected chi connectivity index (χ4v) is 1.61. The zero-order chi connectivity index (χ0) is 11.7. The van der Waals surface area contributed by atoms with Crippen LogP contribution in [0.25, 0.3) is 11.1 Å². The average molecular weight is 226 g/mol. The van der Waals surface area contributed by atoms with Crippen molar-refractivity contribution in [2.45, 2.75) is 13.8 Å². The van der Waals surface area contributed by atoms with Crippen LogP contribution in [0, 0.1) is 5.82 Å². The number of nitrogen functional groups attached to an aromatic ring is 1. The van der Waals surface area contributed by atoms with Crippen molar-refractivity contribution in [3.8, 4) is 0 Å². The molecule has 0 amide bonds. The Morgan fingerprint density at radius 2 is 1.87 bits per heavy atom. The van der Waals surface area contributed by atoms with Gasteiger partial charge < -0.3 is 5.73 Å². The predicted molar refractivity (Wildman–Crippen MR) is 65.2 cm³/mol. The van der Waals surface area contributed by atoms with Crippen molar-refractivity contribution in [3.05, 3.63) is 41.2 Å². The van der Waals surface area contributed by atoms with E-state index in [4.69, 9.17) is 17.3 Å². The van der Waals surface area contributed by atoms with Crippen LogP contribution in [0.4, 0.5) is 10.1 Å². The molecule has 0 unspecified atom stereocenters. The molecular formula is C12H13ClFN. The molecule has 0 radical (unpaired) electrons. The van der Waals surface area contributed by atoms with Crippen LogP contribution < -0.4 is 5.73 Å². The quantitative estimate of drug-likeness (QED) is 0.753. The number of hydrogen-bond donors (Lipinski definition) is 1. The zero-order valence-corrected chi connectivity index (χ0v) is 9.58. The molecule has 1 aromatic carbocycles. The van der Waals surface area contributed by atoms with Gasteiger partial charge in [-0.15, -0.1) is 0 Å². The van der Waals surface area contributed by atoms with E-state index in [-0.39, 0.29) is 10.6 Å². The molecule has 0 fully saturated rings. The Morgan fingerprint density at radius 1 is 1.33 bits per heavy atom. The van der Waals surface area contributed by atoms with Crippen molar-refractivity contribution in [1.82, 2.24) is 0 Å². The molecule has 80 valence electrons. The van der Waals surface area contributed by atoms with Gasteiger partial charge in [-0.3, -0.25) is 0 Å². The van der Waals surface area contributed by atoms with E-state index in [0.29, 0.717) is 16.8 Å². The van der Waals surface area contributed by atoms with Gasteiger partial charge in [-0.05, 0) is 31.1 Å².